The summed E-state index contributed by atoms with van der Waals surface area (Å²) in [5.41, 5.74) is 0. The van der Waals surface area contributed by atoms with Gasteiger partial charge < -0.3 is 14.2 Å². The van der Waals surface area contributed by atoms with Crippen LogP contribution < -0.4 is 0 Å². The van der Waals surface area contributed by atoms with E-state index in [9.17, 15) is 14.4 Å². The minimum Gasteiger partial charge on any atom is -0.462 e. The molecule has 0 aromatic heterocycles. The maximum absolute atomic E-state index is 12.7. The Balaban J connectivity index is 4.39. The van der Waals surface area contributed by atoms with E-state index in [1.807, 2.05) is 12.2 Å². The molecule has 1 atom stereocenters. The lowest BCUT2D eigenvalue weighted by Gasteiger charge is -2.18. The third-order valence-corrected chi connectivity index (χ3v) is 9.68. The van der Waals surface area contributed by atoms with Gasteiger partial charge in [-0.15, -0.1) is 0 Å². The van der Waals surface area contributed by atoms with Crippen LogP contribution in [0.15, 0.2) is 97.2 Å². The third kappa shape index (κ3) is 45.3. The number of allylic oxidation sites excluding steroid dienone is 15. The van der Waals surface area contributed by atoms with Gasteiger partial charge in [0.1, 0.15) is 13.2 Å². The molecule has 0 aliphatic heterocycles. The topological polar surface area (TPSA) is 78.9 Å². The molecule has 6 nitrogen and oxygen atoms in total. The van der Waals surface area contributed by atoms with Gasteiger partial charge in [-0.05, 0) is 77.0 Å². The van der Waals surface area contributed by atoms with Crippen molar-refractivity contribution in [2.75, 3.05) is 13.2 Å². The van der Waals surface area contributed by atoms with Crippen molar-refractivity contribution in [1.29, 1.82) is 0 Å². The molecule has 0 amide bonds. The Bertz CT molecular complexity index is 1220. The average Bonchev–Trinajstić information content (AvgIpc) is 3.23. The quantitative estimate of drug-likeness (QED) is 0.0201. The molecule has 0 aliphatic rings. The molecule has 0 rings (SSSR count). The second-order valence-electron chi connectivity index (χ2n) is 15.4. The van der Waals surface area contributed by atoms with Crippen LogP contribution >= 0.6 is 0 Å². The maximum Gasteiger partial charge on any atom is 0.309 e. The third-order valence-electron chi connectivity index (χ3n) is 9.68. The first-order valence-corrected chi connectivity index (χ1v) is 23.8. The molecule has 0 radical (unpaired) electrons. The Hall–Kier alpha value is -3.67. The van der Waals surface area contributed by atoms with E-state index >= 15 is 0 Å². The summed E-state index contributed by atoms with van der Waals surface area (Å²) >= 11 is 0. The summed E-state index contributed by atoms with van der Waals surface area (Å²) in [6.45, 7) is 6.22. The molecular weight excluding hydrogens is 733 g/mol. The van der Waals surface area contributed by atoms with Gasteiger partial charge in [0.15, 0.2) is 6.10 Å². The van der Waals surface area contributed by atoms with Crippen molar-refractivity contribution in [3.05, 3.63) is 97.2 Å². The summed E-state index contributed by atoms with van der Waals surface area (Å²) in [5, 5.41) is 0. The van der Waals surface area contributed by atoms with Gasteiger partial charge in [-0.2, -0.15) is 0 Å². The normalized spacial score (nSPS) is 12.9. The first-order valence-electron chi connectivity index (χ1n) is 23.8. The van der Waals surface area contributed by atoms with Gasteiger partial charge in [0.25, 0.3) is 0 Å². The Morgan fingerprint density at radius 3 is 1.32 bits per heavy atom. The molecule has 0 fully saturated rings. The number of hydrogen-bond acceptors (Lipinski definition) is 6. The summed E-state index contributed by atoms with van der Waals surface area (Å²) in [7, 11) is 0. The summed E-state index contributed by atoms with van der Waals surface area (Å²) in [5.74, 6) is -1.08. The molecule has 59 heavy (non-hydrogen) atoms. The first kappa shape index (κ1) is 55.3. The van der Waals surface area contributed by atoms with Crippen molar-refractivity contribution in [3.8, 4) is 0 Å². The van der Waals surface area contributed by atoms with Crippen LogP contribution in [0.1, 0.15) is 201 Å². The summed E-state index contributed by atoms with van der Waals surface area (Å²) in [6.07, 6.45) is 61.4. The molecule has 6 heteroatoms. The lowest BCUT2D eigenvalue weighted by molar-refractivity contribution is -0.166. The predicted molar refractivity (Wildman–Crippen MR) is 251 cm³/mol. The van der Waals surface area contributed by atoms with Crippen molar-refractivity contribution < 1.29 is 28.6 Å². The van der Waals surface area contributed by atoms with Crippen molar-refractivity contribution in [2.45, 2.75) is 207 Å². The molecule has 334 valence electrons. The van der Waals surface area contributed by atoms with Gasteiger partial charge in [0.2, 0.25) is 0 Å². The van der Waals surface area contributed by atoms with E-state index in [-0.39, 0.29) is 38.0 Å². The minimum absolute atomic E-state index is 0.116. The lowest BCUT2D eigenvalue weighted by atomic mass is 10.1. The highest BCUT2D eigenvalue weighted by atomic mass is 16.6. The number of esters is 3. The molecular formula is C53H86O6. The van der Waals surface area contributed by atoms with Crippen molar-refractivity contribution >= 4 is 17.9 Å². The Labute approximate surface area is 362 Å². The van der Waals surface area contributed by atoms with Crippen LogP contribution in [0.25, 0.3) is 0 Å². The summed E-state index contributed by atoms with van der Waals surface area (Å²) in [4.78, 5) is 37.7. The number of carbonyl (C=O) groups is 3. The van der Waals surface area contributed by atoms with E-state index in [1.54, 1.807) is 6.08 Å². The number of rotatable bonds is 41. The average molecular weight is 819 g/mol. The van der Waals surface area contributed by atoms with E-state index in [0.717, 1.165) is 83.5 Å². The highest BCUT2D eigenvalue weighted by molar-refractivity contribution is 5.72. The summed E-state index contributed by atoms with van der Waals surface area (Å²) in [6, 6.07) is 0. The van der Waals surface area contributed by atoms with E-state index < -0.39 is 12.1 Å². The molecule has 0 aliphatic carbocycles. The predicted octanol–water partition coefficient (Wildman–Crippen LogP) is 15.4. The van der Waals surface area contributed by atoms with Crippen LogP contribution in [0, 0.1) is 0 Å². The van der Waals surface area contributed by atoms with Crippen molar-refractivity contribution in [3.63, 3.8) is 0 Å². The molecule has 0 aromatic carbocycles. The van der Waals surface area contributed by atoms with Crippen LogP contribution in [0.2, 0.25) is 0 Å². The SMILES string of the molecule is CC\C=C/C=C\C=C/CCCCCCCC(=O)OC(COC(=O)C/C=C\C/C=C\C/C=C\CC)COC(=O)CCCCCCCCCCCC/C=C\C=C/CCCCC. The van der Waals surface area contributed by atoms with Crippen LogP contribution in [-0.4, -0.2) is 37.2 Å². The lowest BCUT2D eigenvalue weighted by Crippen LogP contribution is -2.30. The minimum atomic E-state index is -0.824. The molecule has 0 spiro atoms. The van der Waals surface area contributed by atoms with Gasteiger partial charge >= 0.3 is 17.9 Å². The van der Waals surface area contributed by atoms with Crippen LogP contribution in [-0.2, 0) is 28.6 Å². The highest BCUT2D eigenvalue weighted by Gasteiger charge is 2.19. The van der Waals surface area contributed by atoms with Crippen LogP contribution in [0.5, 0.6) is 0 Å². The first-order chi connectivity index (χ1) is 29.0. The number of unbranched alkanes of at least 4 members (excludes halogenated alkanes) is 18. The number of hydrogen-bond donors (Lipinski definition) is 0. The molecule has 0 N–H and O–H groups in total. The van der Waals surface area contributed by atoms with Gasteiger partial charge in [-0.25, -0.2) is 0 Å². The second-order valence-corrected chi connectivity index (χ2v) is 15.4. The standard InChI is InChI=1S/C53H86O6/c1-4-7-10-13-16-19-21-23-24-25-26-27-28-30-31-34-37-40-43-46-52(55)58-49-50(48-57-51(54)45-42-39-36-33-18-15-12-9-6-3)59-53(56)47-44-41-38-35-32-29-22-20-17-14-11-8-5-2/h8-9,11-12,14,16-23,33,39,42,50H,4-7,10,13,15,24-32,34-38,40-41,43-49H2,1-3H3/b11-8-,12-9-,17-14-,19-16-,22-20-,23-21-,33-18-,42-39-. The van der Waals surface area contributed by atoms with Crippen LogP contribution in [0.4, 0.5) is 0 Å². The number of carbonyl (C=O) groups excluding carboxylic acids is 3. The van der Waals surface area contributed by atoms with E-state index in [0.29, 0.717) is 6.42 Å². The fourth-order valence-electron chi connectivity index (χ4n) is 6.14. The zero-order valence-electron chi connectivity index (χ0n) is 38.0. The Morgan fingerprint density at radius 1 is 0.390 bits per heavy atom. The van der Waals surface area contributed by atoms with E-state index in [1.165, 1.54) is 77.0 Å². The fraction of sp³-hybridized carbons (Fsp3) is 0.642. The van der Waals surface area contributed by atoms with Gasteiger partial charge in [-0.1, -0.05) is 201 Å². The molecule has 0 saturated heterocycles. The summed E-state index contributed by atoms with van der Waals surface area (Å²) < 4.78 is 16.6. The highest BCUT2D eigenvalue weighted by Crippen LogP contribution is 2.14. The van der Waals surface area contributed by atoms with E-state index in [4.69, 9.17) is 14.2 Å². The van der Waals surface area contributed by atoms with Crippen molar-refractivity contribution in [1.82, 2.24) is 0 Å². The van der Waals surface area contributed by atoms with Gasteiger partial charge in [-0.3, -0.25) is 14.4 Å². The van der Waals surface area contributed by atoms with Gasteiger partial charge in [0, 0.05) is 12.8 Å². The fourth-order valence-corrected chi connectivity index (χ4v) is 6.14. The van der Waals surface area contributed by atoms with Crippen LogP contribution in [0.3, 0.4) is 0 Å². The zero-order chi connectivity index (χ0) is 43.0. The van der Waals surface area contributed by atoms with E-state index in [2.05, 4.69) is 99.8 Å². The molecule has 0 heterocycles. The Kier molecular flexibility index (Phi) is 44.1. The zero-order valence-corrected chi connectivity index (χ0v) is 38.0. The van der Waals surface area contributed by atoms with Gasteiger partial charge in [0.05, 0.1) is 6.42 Å². The smallest absolute Gasteiger partial charge is 0.309 e. The Morgan fingerprint density at radius 2 is 0.797 bits per heavy atom. The second kappa shape index (κ2) is 47.0. The molecule has 0 bridgehead atoms. The largest absolute Gasteiger partial charge is 0.462 e. The molecule has 0 aromatic rings. The maximum atomic E-state index is 12.7. The molecule has 0 saturated carbocycles. The molecule has 1 unspecified atom stereocenters. The number of ether oxygens (including phenoxy) is 3. The van der Waals surface area contributed by atoms with Crippen molar-refractivity contribution in [2.24, 2.45) is 0 Å². The monoisotopic (exact) mass is 819 g/mol.